The van der Waals surface area contributed by atoms with Gasteiger partial charge in [0.1, 0.15) is 6.04 Å². The quantitative estimate of drug-likeness (QED) is 0.842. The summed E-state index contributed by atoms with van der Waals surface area (Å²) in [6.45, 7) is 1.00. The van der Waals surface area contributed by atoms with E-state index >= 15 is 0 Å². The van der Waals surface area contributed by atoms with Crippen molar-refractivity contribution in [1.29, 1.82) is 0 Å². The summed E-state index contributed by atoms with van der Waals surface area (Å²) in [6, 6.07) is 7.05. The fourth-order valence-corrected chi connectivity index (χ4v) is 2.21. The molecule has 1 fully saturated rings. The second-order valence-electron chi connectivity index (χ2n) is 4.56. The first-order valence-corrected chi connectivity index (χ1v) is 6.43. The highest BCUT2D eigenvalue weighted by Crippen LogP contribution is 2.12. The van der Waals surface area contributed by atoms with Gasteiger partial charge in [-0.05, 0) is 17.7 Å². The number of rotatable bonds is 3. The lowest BCUT2D eigenvalue weighted by molar-refractivity contribution is -0.134. The van der Waals surface area contributed by atoms with E-state index in [2.05, 4.69) is 10.6 Å². The third-order valence-electron chi connectivity index (χ3n) is 3.00. The van der Waals surface area contributed by atoms with Gasteiger partial charge in [-0.2, -0.15) is 0 Å². The summed E-state index contributed by atoms with van der Waals surface area (Å²) in [6.07, 6.45) is 0. The van der Waals surface area contributed by atoms with E-state index < -0.39 is 0 Å². The zero-order chi connectivity index (χ0) is 13.8. The third kappa shape index (κ3) is 3.68. The van der Waals surface area contributed by atoms with Crippen LogP contribution < -0.4 is 10.6 Å². The van der Waals surface area contributed by atoms with Crippen LogP contribution in [0.4, 0.5) is 0 Å². The summed E-state index contributed by atoms with van der Waals surface area (Å²) in [4.78, 5) is 24.8. The van der Waals surface area contributed by atoms with Crippen LogP contribution in [0.5, 0.6) is 0 Å². The molecule has 5 nitrogen and oxygen atoms in total. The third-order valence-corrected chi connectivity index (χ3v) is 3.23. The molecular formula is C13H16ClN3O2. The van der Waals surface area contributed by atoms with Gasteiger partial charge in [-0.3, -0.25) is 14.9 Å². The summed E-state index contributed by atoms with van der Waals surface area (Å²) in [5, 5.41) is 6.24. The van der Waals surface area contributed by atoms with Gasteiger partial charge in [-0.25, -0.2) is 0 Å². The lowest BCUT2D eigenvalue weighted by Crippen LogP contribution is -2.58. The lowest BCUT2D eigenvalue weighted by Gasteiger charge is -2.27. The minimum Gasteiger partial charge on any atom is -0.353 e. The number of piperazine rings is 1. The standard InChI is InChI=1S/C13H16ClN3O2/c1-17(8-9-3-2-4-10(14)5-9)13(19)11-6-16-12(18)7-15-11/h2-5,11,15H,6-8H2,1H3,(H,16,18). The molecule has 0 aromatic heterocycles. The van der Waals surface area contributed by atoms with Crippen molar-refractivity contribution in [1.82, 2.24) is 15.5 Å². The van der Waals surface area contributed by atoms with E-state index in [1.54, 1.807) is 18.0 Å². The van der Waals surface area contributed by atoms with Crippen LogP contribution in [0, 0.1) is 0 Å². The van der Waals surface area contributed by atoms with Crippen LogP contribution >= 0.6 is 11.6 Å². The van der Waals surface area contributed by atoms with Crippen LogP contribution in [-0.2, 0) is 16.1 Å². The van der Waals surface area contributed by atoms with E-state index in [1.807, 2.05) is 18.2 Å². The van der Waals surface area contributed by atoms with Gasteiger partial charge in [0.05, 0.1) is 6.54 Å². The number of hydrogen-bond donors (Lipinski definition) is 2. The number of carbonyl (C=O) groups is 2. The highest BCUT2D eigenvalue weighted by Gasteiger charge is 2.26. The van der Waals surface area contributed by atoms with Crippen molar-refractivity contribution in [2.45, 2.75) is 12.6 Å². The maximum atomic E-state index is 12.2. The SMILES string of the molecule is CN(Cc1cccc(Cl)c1)C(=O)C1CNC(=O)CN1. The molecule has 1 atom stereocenters. The van der Waals surface area contributed by atoms with Crippen LogP contribution in [0.15, 0.2) is 24.3 Å². The predicted octanol–water partition coefficient (Wildman–Crippen LogP) is 0.386. The fourth-order valence-electron chi connectivity index (χ4n) is 1.99. The summed E-state index contributed by atoms with van der Waals surface area (Å²) in [5.74, 6) is -0.124. The maximum absolute atomic E-state index is 12.2. The average Bonchev–Trinajstić information content (AvgIpc) is 2.39. The monoisotopic (exact) mass is 281 g/mol. The van der Waals surface area contributed by atoms with E-state index in [-0.39, 0.29) is 24.4 Å². The molecule has 2 N–H and O–H groups in total. The molecule has 102 valence electrons. The van der Waals surface area contributed by atoms with Crippen molar-refractivity contribution >= 4 is 23.4 Å². The number of carbonyl (C=O) groups excluding carboxylic acids is 2. The molecule has 1 aromatic rings. The Bertz CT molecular complexity index is 483. The molecule has 0 spiro atoms. The summed E-state index contributed by atoms with van der Waals surface area (Å²) >= 11 is 5.91. The summed E-state index contributed by atoms with van der Waals surface area (Å²) < 4.78 is 0. The maximum Gasteiger partial charge on any atom is 0.241 e. The number of amides is 2. The smallest absolute Gasteiger partial charge is 0.241 e. The Labute approximate surface area is 116 Å². The molecule has 2 amide bonds. The molecule has 0 radical (unpaired) electrons. The number of halogens is 1. The summed E-state index contributed by atoms with van der Waals surface area (Å²) in [7, 11) is 1.74. The molecule has 1 aliphatic rings. The molecule has 19 heavy (non-hydrogen) atoms. The van der Waals surface area contributed by atoms with E-state index in [0.29, 0.717) is 18.1 Å². The number of benzene rings is 1. The Morgan fingerprint density at radius 1 is 1.53 bits per heavy atom. The van der Waals surface area contributed by atoms with Gasteiger partial charge in [0.25, 0.3) is 0 Å². The normalized spacial score (nSPS) is 18.8. The van der Waals surface area contributed by atoms with Crippen LogP contribution in [0.3, 0.4) is 0 Å². The number of nitrogens with zero attached hydrogens (tertiary/aromatic N) is 1. The van der Waals surface area contributed by atoms with Gasteiger partial charge in [-0.1, -0.05) is 23.7 Å². The highest BCUT2D eigenvalue weighted by atomic mass is 35.5. The van der Waals surface area contributed by atoms with E-state index in [9.17, 15) is 9.59 Å². The molecule has 6 heteroatoms. The topological polar surface area (TPSA) is 61.4 Å². The van der Waals surface area contributed by atoms with Crippen LogP contribution in [0.2, 0.25) is 5.02 Å². The van der Waals surface area contributed by atoms with Crippen LogP contribution in [-0.4, -0.2) is 42.9 Å². The number of nitrogens with one attached hydrogen (secondary N) is 2. The van der Waals surface area contributed by atoms with E-state index in [0.717, 1.165) is 5.56 Å². The van der Waals surface area contributed by atoms with Crippen molar-refractivity contribution in [3.63, 3.8) is 0 Å². The molecule has 0 aliphatic carbocycles. The Kier molecular flexibility index (Phi) is 4.39. The Morgan fingerprint density at radius 3 is 2.95 bits per heavy atom. The Balaban J connectivity index is 1.94. The second kappa shape index (κ2) is 6.04. The fraction of sp³-hybridized carbons (Fsp3) is 0.385. The van der Waals surface area contributed by atoms with Crippen molar-refractivity contribution in [3.8, 4) is 0 Å². The molecule has 0 bridgehead atoms. The van der Waals surface area contributed by atoms with Gasteiger partial charge in [-0.15, -0.1) is 0 Å². The zero-order valence-corrected chi connectivity index (χ0v) is 11.4. The van der Waals surface area contributed by atoms with Crippen molar-refractivity contribution in [2.75, 3.05) is 20.1 Å². The Hall–Kier alpha value is -1.59. The molecule has 2 rings (SSSR count). The first-order chi connectivity index (χ1) is 9.06. The average molecular weight is 282 g/mol. The van der Waals surface area contributed by atoms with Gasteiger partial charge >= 0.3 is 0 Å². The summed E-state index contributed by atoms with van der Waals surface area (Å²) in [5.41, 5.74) is 0.975. The van der Waals surface area contributed by atoms with Crippen molar-refractivity contribution in [2.24, 2.45) is 0 Å². The van der Waals surface area contributed by atoms with E-state index in [1.165, 1.54) is 0 Å². The molecule has 1 unspecified atom stereocenters. The Morgan fingerprint density at radius 2 is 2.32 bits per heavy atom. The van der Waals surface area contributed by atoms with Crippen LogP contribution in [0.25, 0.3) is 0 Å². The van der Waals surface area contributed by atoms with Crippen molar-refractivity contribution < 1.29 is 9.59 Å². The van der Waals surface area contributed by atoms with Gasteiger partial charge in [0, 0.05) is 25.2 Å². The number of hydrogen-bond acceptors (Lipinski definition) is 3. The van der Waals surface area contributed by atoms with Gasteiger partial charge < -0.3 is 10.2 Å². The van der Waals surface area contributed by atoms with Gasteiger partial charge in [0.15, 0.2) is 0 Å². The van der Waals surface area contributed by atoms with E-state index in [4.69, 9.17) is 11.6 Å². The van der Waals surface area contributed by atoms with Crippen molar-refractivity contribution in [3.05, 3.63) is 34.9 Å². The molecule has 1 aliphatic heterocycles. The zero-order valence-electron chi connectivity index (χ0n) is 10.6. The molecule has 0 saturated carbocycles. The predicted molar refractivity (Wildman–Crippen MR) is 72.7 cm³/mol. The minimum atomic E-state index is -0.359. The first kappa shape index (κ1) is 13.8. The van der Waals surface area contributed by atoms with Gasteiger partial charge in [0.2, 0.25) is 11.8 Å². The minimum absolute atomic E-state index is 0.0417. The molecular weight excluding hydrogens is 266 g/mol. The second-order valence-corrected chi connectivity index (χ2v) is 5.00. The molecule has 1 aromatic carbocycles. The lowest BCUT2D eigenvalue weighted by atomic mass is 10.1. The number of likely N-dealkylation sites (N-methyl/N-ethyl adjacent to an activating group) is 1. The first-order valence-electron chi connectivity index (χ1n) is 6.06. The highest BCUT2D eigenvalue weighted by molar-refractivity contribution is 6.30. The van der Waals surface area contributed by atoms with Crippen LogP contribution in [0.1, 0.15) is 5.56 Å². The largest absolute Gasteiger partial charge is 0.353 e. The molecule has 1 saturated heterocycles. The molecule has 1 heterocycles.